The van der Waals surface area contributed by atoms with Crippen LogP contribution in [0.2, 0.25) is 0 Å². The SMILES string of the molecule is C1CC1.C=C/C(C)=C(\C=C)OCc1ccc(C(C)=O)cc1.CC.CCN1CCN(C=O)CC1.CCNC(=O)CC12CC3CC4CC(C1)C4(C3)C2. The largest absolute Gasteiger partial charge is 0.489 e. The van der Waals surface area contributed by atoms with Crippen molar-refractivity contribution in [3.63, 3.8) is 0 Å². The fourth-order valence-electron chi connectivity index (χ4n) is 8.96. The first-order chi connectivity index (χ1) is 24.1. The molecule has 1 aliphatic heterocycles. The smallest absolute Gasteiger partial charge is 0.220 e. The summed E-state index contributed by atoms with van der Waals surface area (Å²) in [6, 6.07) is 7.39. The highest BCUT2D eigenvalue weighted by Crippen LogP contribution is 2.79. The first-order valence-electron chi connectivity index (χ1n) is 19.5. The van der Waals surface area contributed by atoms with Gasteiger partial charge < -0.3 is 19.9 Å². The summed E-state index contributed by atoms with van der Waals surface area (Å²) in [5.74, 6) is 4.11. The van der Waals surface area contributed by atoms with Gasteiger partial charge in [-0.1, -0.05) is 83.5 Å². The molecule has 3 bridgehead atoms. The summed E-state index contributed by atoms with van der Waals surface area (Å²) >= 11 is 0. The maximum absolute atomic E-state index is 11.9. The van der Waals surface area contributed by atoms with Crippen LogP contribution < -0.4 is 5.32 Å². The van der Waals surface area contributed by atoms with Gasteiger partial charge in [-0.2, -0.15) is 0 Å². The van der Waals surface area contributed by atoms with Crippen molar-refractivity contribution in [2.75, 3.05) is 39.3 Å². The summed E-state index contributed by atoms with van der Waals surface area (Å²) in [5.41, 5.74) is 3.81. The highest BCUT2D eigenvalue weighted by molar-refractivity contribution is 5.94. The van der Waals surface area contributed by atoms with Crippen molar-refractivity contribution in [1.29, 1.82) is 0 Å². The van der Waals surface area contributed by atoms with Crippen LogP contribution in [0.1, 0.15) is 122 Å². The Hall–Kier alpha value is -3.19. The molecule has 1 heterocycles. The minimum absolute atomic E-state index is 0.0663. The van der Waals surface area contributed by atoms with E-state index < -0.39 is 0 Å². The molecule has 1 saturated heterocycles. The third-order valence-corrected chi connectivity index (χ3v) is 11.5. The van der Waals surface area contributed by atoms with E-state index in [4.69, 9.17) is 4.74 Å². The average Bonchev–Trinajstić information content (AvgIpc) is 3.99. The molecule has 5 saturated carbocycles. The molecule has 5 unspecified atom stereocenters. The quantitative estimate of drug-likeness (QED) is 0.109. The zero-order valence-corrected chi connectivity index (χ0v) is 32.2. The van der Waals surface area contributed by atoms with E-state index in [1.165, 1.54) is 57.8 Å². The van der Waals surface area contributed by atoms with Gasteiger partial charge in [0, 0.05) is 44.7 Å². The van der Waals surface area contributed by atoms with Gasteiger partial charge in [-0.15, -0.1) is 0 Å². The Kier molecular flexibility index (Phi) is 16.5. The predicted octanol–water partition coefficient (Wildman–Crippen LogP) is 8.76. The third kappa shape index (κ3) is 11.2. The van der Waals surface area contributed by atoms with Gasteiger partial charge in [-0.3, -0.25) is 14.4 Å². The van der Waals surface area contributed by atoms with Gasteiger partial charge in [0.2, 0.25) is 12.3 Å². The van der Waals surface area contributed by atoms with Gasteiger partial charge in [0.05, 0.1) is 0 Å². The maximum Gasteiger partial charge on any atom is 0.220 e. The van der Waals surface area contributed by atoms with E-state index in [2.05, 4.69) is 30.3 Å². The molecule has 7 nitrogen and oxygen atoms in total. The van der Waals surface area contributed by atoms with Crippen LogP contribution in [0.15, 0.2) is 60.9 Å². The van der Waals surface area contributed by atoms with Crippen LogP contribution in [0.4, 0.5) is 0 Å². The Labute approximate surface area is 304 Å². The normalized spacial score (nSPS) is 28.0. The van der Waals surface area contributed by atoms with Crippen molar-refractivity contribution in [1.82, 2.24) is 15.1 Å². The van der Waals surface area contributed by atoms with Crippen molar-refractivity contribution in [2.24, 2.45) is 28.6 Å². The van der Waals surface area contributed by atoms with Gasteiger partial charge >= 0.3 is 0 Å². The third-order valence-electron chi connectivity index (χ3n) is 11.5. The molecule has 1 N–H and O–H groups in total. The number of piperazine rings is 1. The van der Waals surface area contributed by atoms with E-state index in [1.807, 2.05) is 44.7 Å². The lowest BCUT2D eigenvalue weighted by Gasteiger charge is -2.49. The van der Waals surface area contributed by atoms with Gasteiger partial charge in [-0.05, 0) is 112 Å². The van der Waals surface area contributed by atoms with Crippen LogP contribution in [0.3, 0.4) is 0 Å². The van der Waals surface area contributed by atoms with E-state index >= 15 is 0 Å². The second kappa shape index (κ2) is 20.0. The molecule has 278 valence electrons. The van der Waals surface area contributed by atoms with E-state index in [-0.39, 0.29) is 5.78 Å². The number of hydrogen-bond donors (Lipinski definition) is 1. The van der Waals surface area contributed by atoms with Crippen molar-refractivity contribution in [3.05, 3.63) is 72.0 Å². The molecule has 6 aliphatic rings. The molecule has 7 rings (SSSR count). The molecule has 1 aromatic carbocycles. The monoisotopic (exact) mass is 690 g/mol. The fourth-order valence-corrected chi connectivity index (χ4v) is 8.96. The number of likely N-dealkylation sites (N-methyl/N-ethyl adjacent to an activating group) is 1. The second-order valence-electron chi connectivity index (χ2n) is 15.0. The number of carbonyl (C=O) groups excluding carboxylic acids is 3. The standard InChI is InChI=1S/C16H18O2.C15H23NO.C7H14N2O.C3H6.C2H6/c1-5-12(3)16(6-2)18-11-14-7-9-15(10-8-14)13(4)17;1-2-16-13(17)8-14-5-10-3-11-4-12(7-14)15(11,6-10)9-14;1-2-8-3-5-9(7-10)6-4-8;1-2-3-1;1-2/h5-10H,1-2,11H2,3-4H3;10-12H,2-9H2,1H3,(H,16,17);7H,2-6H2,1H3;1-3H2;1-2H3/b16-12+;;;;. The maximum atomic E-state index is 11.9. The van der Waals surface area contributed by atoms with Gasteiger partial charge in [0.1, 0.15) is 12.4 Å². The van der Waals surface area contributed by atoms with Gasteiger partial charge in [0.25, 0.3) is 0 Å². The number of Topliss-reactive ketones (excluding diaryl/α,β-unsaturated/α-hetero) is 1. The predicted molar refractivity (Wildman–Crippen MR) is 206 cm³/mol. The van der Waals surface area contributed by atoms with E-state index in [9.17, 15) is 14.4 Å². The molecule has 5 aliphatic carbocycles. The Morgan fingerprint density at radius 3 is 2.10 bits per heavy atom. The van der Waals surface area contributed by atoms with Gasteiger partial charge in [0.15, 0.2) is 5.78 Å². The molecule has 0 aromatic heterocycles. The molecule has 2 amide bonds. The number of ether oxygens (including phenoxy) is 1. The van der Waals surface area contributed by atoms with Crippen molar-refractivity contribution >= 4 is 18.1 Å². The highest BCUT2D eigenvalue weighted by Gasteiger charge is 2.70. The minimum Gasteiger partial charge on any atom is -0.489 e. The summed E-state index contributed by atoms with van der Waals surface area (Å²) in [5, 5.41) is 3.01. The Morgan fingerprint density at radius 2 is 1.58 bits per heavy atom. The molecule has 1 spiro atoms. The summed E-state index contributed by atoms with van der Waals surface area (Å²) in [4.78, 5) is 37.5. The zero-order valence-electron chi connectivity index (χ0n) is 32.2. The number of carbonyl (C=O) groups is 3. The minimum atomic E-state index is 0.0663. The van der Waals surface area contributed by atoms with Crippen LogP contribution in [0.25, 0.3) is 0 Å². The first-order valence-corrected chi connectivity index (χ1v) is 19.5. The second-order valence-corrected chi connectivity index (χ2v) is 15.0. The molecular weight excluding hydrogens is 622 g/mol. The molecule has 6 fully saturated rings. The van der Waals surface area contributed by atoms with Crippen molar-refractivity contribution in [3.8, 4) is 0 Å². The summed E-state index contributed by atoms with van der Waals surface area (Å²) in [6.45, 7) is 25.3. The molecule has 0 radical (unpaired) electrons. The summed E-state index contributed by atoms with van der Waals surface area (Å²) in [7, 11) is 0. The van der Waals surface area contributed by atoms with Gasteiger partial charge in [-0.25, -0.2) is 0 Å². The van der Waals surface area contributed by atoms with Crippen LogP contribution in [-0.4, -0.2) is 67.2 Å². The Bertz CT molecular complexity index is 1290. The molecule has 5 atom stereocenters. The molecule has 50 heavy (non-hydrogen) atoms. The number of allylic oxidation sites excluding steroid dienone is 3. The lowest BCUT2D eigenvalue weighted by molar-refractivity contribution is -0.124. The number of ketones is 1. The van der Waals surface area contributed by atoms with Crippen LogP contribution in [0, 0.1) is 28.6 Å². The Morgan fingerprint density at radius 1 is 0.920 bits per heavy atom. The molecule has 1 aromatic rings. The number of benzene rings is 1. The van der Waals surface area contributed by atoms with Crippen LogP contribution in [-0.2, 0) is 20.9 Å². The number of nitrogens with zero attached hydrogens (tertiary/aromatic N) is 2. The lowest BCUT2D eigenvalue weighted by atomic mass is 9.55. The number of amides is 2. The Balaban J connectivity index is 0.000000195. The lowest BCUT2D eigenvalue weighted by Crippen LogP contribution is -2.45. The van der Waals surface area contributed by atoms with E-state index in [1.54, 1.807) is 31.2 Å². The van der Waals surface area contributed by atoms with E-state index in [0.29, 0.717) is 23.5 Å². The molecule has 7 heteroatoms. The molecular formula is C43H67N3O4. The number of hydrogen-bond acceptors (Lipinski definition) is 5. The number of fused-ring (bicyclic) bond motifs is 2. The average molecular weight is 690 g/mol. The van der Waals surface area contributed by atoms with Crippen molar-refractivity contribution in [2.45, 2.75) is 112 Å². The number of rotatable bonds is 11. The van der Waals surface area contributed by atoms with E-state index in [0.717, 1.165) is 92.2 Å². The van der Waals surface area contributed by atoms with Crippen LogP contribution in [0.5, 0.6) is 0 Å². The number of nitrogens with one attached hydrogen (secondary N) is 1. The van der Waals surface area contributed by atoms with Crippen LogP contribution >= 0.6 is 0 Å². The zero-order chi connectivity index (χ0) is 36.7. The van der Waals surface area contributed by atoms with Crippen molar-refractivity contribution < 1.29 is 19.1 Å². The summed E-state index contributed by atoms with van der Waals surface area (Å²) in [6.07, 6.45) is 18.3. The fraction of sp³-hybridized carbons (Fsp3) is 0.651. The highest BCUT2D eigenvalue weighted by atomic mass is 16.5. The summed E-state index contributed by atoms with van der Waals surface area (Å²) < 4.78 is 5.64. The first kappa shape index (κ1) is 41.2. The topological polar surface area (TPSA) is 79.0 Å².